The molecule has 228 valence electrons. The van der Waals surface area contributed by atoms with Crippen LogP contribution in [-0.2, 0) is 13.5 Å². The van der Waals surface area contributed by atoms with Gasteiger partial charge in [0.2, 0.25) is 0 Å². The van der Waals surface area contributed by atoms with Gasteiger partial charge in [0.1, 0.15) is 17.1 Å². The Labute approximate surface area is 260 Å². The Morgan fingerprint density at radius 3 is 2.29 bits per heavy atom. The first-order valence-electron chi connectivity index (χ1n) is 15.1. The molecule has 1 aliphatic carbocycles. The normalized spacial score (nSPS) is 13.1. The first-order chi connectivity index (χ1) is 21.8. The highest BCUT2D eigenvalue weighted by molar-refractivity contribution is 5.98. The monoisotopic (exact) mass is 601 g/mol. The fourth-order valence-corrected chi connectivity index (χ4v) is 5.84. The number of para-hydroxylation sites is 1. The summed E-state index contributed by atoms with van der Waals surface area (Å²) in [7, 11) is 1.77. The topological polar surface area (TPSA) is 137 Å². The fraction of sp³-hybridized carbons (Fsp3) is 0.229. The second-order valence-electron chi connectivity index (χ2n) is 11.4. The number of nitrogen functional groups attached to an aromatic ring is 1. The molecule has 0 bridgehead atoms. The number of hydrogen-bond acceptors (Lipinski definition) is 6. The molecule has 0 radical (unpaired) electrons. The van der Waals surface area contributed by atoms with Gasteiger partial charge in [-0.2, -0.15) is 0 Å². The number of hydrogen-bond donors (Lipinski definition) is 3. The van der Waals surface area contributed by atoms with Crippen molar-refractivity contribution < 1.29 is 9.59 Å². The number of urea groups is 1. The number of carbonyl (C=O) groups excluding carboxylic acids is 2. The van der Waals surface area contributed by atoms with E-state index >= 15 is 0 Å². The molecule has 0 aliphatic heterocycles. The summed E-state index contributed by atoms with van der Waals surface area (Å²) in [6, 6.07) is 24.1. The Balaban J connectivity index is 1.16. The maximum atomic E-state index is 13.3. The van der Waals surface area contributed by atoms with Crippen LogP contribution >= 0.6 is 0 Å². The molecule has 0 atom stereocenters. The summed E-state index contributed by atoms with van der Waals surface area (Å²) < 4.78 is 3.22. The molecule has 10 nitrogen and oxygen atoms in total. The van der Waals surface area contributed by atoms with Crippen molar-refractivity contribution in [3.63, 3.8) is 0 Å². The van der Waals surface area contributed by atoms with E-state index in [9.17, 15) is 14.4 Å². The Bertz CT molecular complexity index is 1900. The molecule has 5 aromatic rings. The van der Waals surface area contributed by atoms with Crippen LogP contribution in [0.2, 0.25) is 0 Å². The second kappa shape index (κ2) is 12.6. The molecule has 6 rings (SSSR count). The Morgan fingerprint density at radius 2 is 1.60 bits per heavy atom. The lowest BCUT2D eigenvalue weighted by molar-refractivity contribution is 0.0991. The van der Waals surface area contributed by atoms with Gasteiger partial charge in [-0.15, -0.1) is 0 Å². The van der Waals surface area contributed by atoms with Crippen molar-refractivity contribution in [2.24, 2.45) is 7.05 Å². The molecule has 45 heavy (non-hydrogen) atoms. The van der Waals surface area contributed by atoms with Crippen molar-refractivity contribution in [2.45, 2.75) is 45.1 Å². The van der Waals surface area contributed by atoms with E-state index in [1.807, 2.05) is 78.9 Å². The summed E-state index contributed by atoms with van der Waals surface area (Å²) in [6.07, 6.45) is 6.05. The second-order valence-corrected chi connectivity index (χ2v) is 11.4. The molecular formula is C35H35N7O3. The first kappa shape index (κ1) is 29.6. The van der Waals surface area contributed by atoms with Crippen molar-refractivity contribution in [3.8, 4) is 28.2 Å². The van der Waals surface area contributed by atoms with Crippen LogP contribution in [0.25, 0.3) is 28.2 Å². The predicted octanol–water partition coefficient (Wildman–Crippen LogP) is 5.68. The number of carbonyl (C=O) groups is 2. The highest BCUT2D eigenvalue weighted by Gasteiger charge is 2.22. The molecule has 2 heterocycles. The number of nitrogens with one attached hydrogen (secondary N) is 2. The SMILES string of the molecule is Cc1c(C(=O)Cc2ccc(-c3nc(-c4ccc(NC(=O)NC5CCCC5)cc4)cnc3N)cc2)c(=O)n(-c2ccccc2)n1C. The maximum Gasteiger partial charge on any atom is 0.319 e. The fourth-order valence-electron chi connectivity index (χ4n) is 5.84. The molecule has 10 heteroatoms. The number of nitrogens with two attached hydrogens (primary N) is 1. The number of benzene rings is 3. The van der Waals surface area contributed by atoms with E-state index in [1.54, 1.807) is 24.9 Å². The quantitative estimate of drug-likeness (QED) is 0.196. The zero-order chi connectivity index (χ0) is 31.5. The van der Waals surface area contributed by atoms with Gasteiger partial charge in [-0.25, -0.2) is 19.4 Å². The molecule has 2 amide bonds. The summed E-state index contributed by atoms with van der Waals surface area (Å²) in [5, 5.41) is 5.91. The van der Waals surface area contributed by atoms with E-state index in [-0.39, 0.29) is 41.2 Å². The molecule has 0 saturated heterocycles. The lowest BCUT2D eigenvalue weighted by atomic mass is 10.0. The minimum atomic E-state index is -0.334. The number of amides is 2. The summed E-state index contributed by atoms with van der Waals surface area (Å²) >= 11 is 0. The first-order valence-corrected chi connectivity index (χ1v) is 15.1. The van der Waals surface area contributed by atoms with Crippen LogP contribution < -0.4 is 21.9 Å². The van der Waals surface area contributed by atoms with E-state index < -0.39 is 0 Å². The number of anilines is 2. The van der Waals surface area contributed by atoms with Crippen LogP contribution in [0.15, 0.2) is 89.9 Å². The molecular weight excluding hydrogens is 566 g/mol. The minimum absolute atomic E-state index is 0.0788. The maximum absolute atomic E-state index is 13.3. The van der Waals surface area contributed by atoms with Gasteiger partial charge in [0.15, 0.2) is 5.78 Å². The van der Waals surface area contributed by atoms with Crippen LogP contribution in [-0.4, -0.2) is 37.2 Å². The molecule has 3 aromatic carbocycles. The third-order valence-electron chi connectivity index (χ3n) is 8.35. The molecule has 1 aliphatic rings. The van der Waals surface area contributed by atoms with Gasteiger partial charge in [-0.1, -0.05) is 67.4 Å². The number of nitrogens with zero attached hydrogens (tertiary/aromatic N) is 4. The van der Waals surface area contributed by atoms with E-state index in [1.165, 1.54) is 4.68 Å². The largest absolute Gasteiger partial charge is 0.382 e. The zero-order valence-electron chi connectivity index (χ0n) is 25.3. The number of ketones is 1. The average molecular weight is 602 g/mol. The Hall–Kier alpha value is -5.51. The van der Waals surface area contributed by atoms with Crippen LogP contribution in [0, 0.1) is 6.92 Å². The van der Waals surface area contributed by atoms with Gasteiger partial charge in [0.05, 0.1) is 17.6 Å². The number of Topliss-reactive ketones (excluding diaryl/α,β-unsaturated/α-hetero) is 1. The zero-order valence-corrected chi connectivity index (χ0v) is 25.3. The van der Waals surface area contributed by atoms with E-state index in [2.05, 4.69) is 15.6 Å². The van der Waals surface area contributed by atoms with Crippen molar-refractivity contribution in [3.05, 3.63) is 112 Å². The predicted molar refractivity (Wildman–Crippen MR) is 176 cm³/mol. The minimum Gasteiger partial charge on any atom is -0.382 e. The molecule has 0 unspecified atom stereocenters. The number of aromatic nitrogens is 4. The van der Waals surface area contributed by atoms with E-state index in [0.717, 1.165) is 42.4 Å². The van der Waals surface area contributed by atoms with Crippen molar-refractivity contribution in [1.29, 1.82) is 0 Å². The van der Waals surface area contributed by atoms with Gasteiger partial charge in [-0.05, 0) is 49.6 Å². The summed E-state index contributed by atoms with van der Waals surface area (Å²) in [4.78, 5) is 48.1. The third kappa shape index (κ3) is 6.26. The van der Waals surface area contributed by atoms with E-state index in [4.69, 9.17) is 10.7 Å². The smallest absolute Gasteiger partial charge is 0.319 e. The highest BCUT2D eigenvalue weighted by atomic mass is 16.2. The van der Waals surface area contributed by atoms with Gasteiger partial charge >= 0.3 is 6.03 Å². The Morgan fingerprint density at radius 1 is 0.933 bits per heavy atom. The third-order valence-corrected chi connectivity index (χ3v) is 8.35. The van der Waals surface area contributed by atoms with Crippen molar-refractivity contribution >= 4 is 23.3 Å². The van der Waals surface area contributed by atoms with Gasteiger partial charge in [-0.3, -0.25) is 14.3 Å². The highest BCUT2D eigenvalue weighted by Crippen LogP contribution is 2.27. The lowest BCUT2D eigenvalue weighted by Gasteiger charge is -2.13. The van der Waals surface area contributed by atoms with Gasteiger partial charge in [0.25, 0.3) is 5.56 Å². The lowest BCUT2D eigenvalue weighted by Crippen LogP contribution is -2.36. The van der Waals surface area contributed by atoms with Crippen LogP contribution in [0.4, 0.5) is 16.3 Å². The molecule has 4 N–H and O–H groups in total. The van der Waals surface area contributed by atoms with E-state index in [0.29, 0.717) is 28.5 Å². The molecule has 1 fully saturated rings. The summed E-state index contributed by atoms with van der Waals surface area (Å²) in [5.74, 6) is 0.0385. The van der Waals surface area contributed by atoms with Gasteiger partial charge in [0, 0.05) is 42.0 Å². The van der Waals surface area contributed by atoms with Crippen LogP contribution in [0.5, 0.6) is 0 Å². The Kier molecular flexibility index (Phi) is 8.28. The van der Waals surface area contributed by atoms with Crippen LogP contribution in [0.1, 0.15) is 47.3 Å². The van der Waals surface area contributed by atoms with Crippen LogP contribution in [0.3, 0.4) is 0 Å². The van der Waals surface area contributed by atoms with Crippen molar-refractivity contribution in [1.82, 2.24) is 24.6 Å². The number of rotatable bonds is 8. The molecule has 0 spiro atoms. The average Bonchev–Trinajstić information content (AvgIpc) is 3.63. The summed E-state index contributed by atoms with van der Waals surface area (Å²) in [5.41, 5.74) is 11.6. The van der Waals surface area contributed by atoms with Gasteiger partial charge < -0.3 is 16.4 Å². The standard InChI is InChI=1S/C35H35N7O3/c1-22-31(34(44)42(41(22)2)28-10-4-3-5-11-28)30(43)20-23-12-14-25(15-13-23)32-33(36)37-21-29(40-32)24-16-18-27(19-17-24)39-35(45)38-26-8-6-7-9-26/h3-5,10-19,21,26H,6-9,20H2,1-2H3,(H2,36,37)(H2,38,39,45). The summed E-state index contributed by atoms with van der Waals surface area (Å²) in [6.45, 7) is 1.78. The molecule has 2 aromatic heterocycles. The van der Waals surface area contributed by atoms with Crippen molar-refractivity contribution in [2.75, 3.05) is 11.1 Å². The molecule has 1 saturated carbocycles.